The Labute approximate surface area is 80.9 Å². The minimum atomic E-state index is -0.252. The third kappa shape index (κ3) is 1.37. The second-order valence-corrected chi connectivity index (χ2v) is 3.39. The molecule has 0 aliphatic carbocycles. The van der Waals surface area contributed by atoms with E-state index in [0.29, 0.717) is 10.7 Å². The zero-order valence-electron chi connectivity index (χ0n) is 7.39. The molecule has 0 saturated carbocycles. The normalized spacial score (nSPS) is 20.8. The monoisotopic (exact) mass is 199 g/mol. The first-order chi connectivity index (χ1) is 6.18. The highest BCUT2D eigenvalue weighted by Crippen LogP contribution is 2.27. The minimum Gasteiger partial charge on any atom is -0.471 e. The van der Waals surface area contributed by atoms with E-state index in [1.807, 2.05) is 13.8 Å². The van der Waals surface area contributed by atoms with Crippen LogP contribution in [0, 0.1) is 6.92 Å². The van der Waals surface area contributed by atoms with E-state index < -0.39 is 0 Å². The molecule has 0 amide bonds. The predicted molar refractivity (Wildman–Crippen MR) is 49.1 cm³/mol. The van der Waals surface area contributed by atoms with Crippen LogP contribution in [-0.4, -0.2) is 10.2 Å². The van der Waals surface area contributed by atoms with Crippen LogP contribution in [-0.2, 0) is 4.74 Å². The van der Waals surface area contributed by atoms with Crippen molar-refractivity contribution in [2.24, 2.45) is 0 Å². The summed E-state index contributed by atoms with van der Waals surface area (Å²) in [5.41, 5.74) is 2.53. The summed E-state index contributed by atoms with van der Waals surface area (Å²) in [5, 5.41) is 10.6. The van der Waals surface area contributed by atoms with Crippen LogP contribution in [0.3, 0.4) is 0 Å². The molecule has 1 aromatic rings. The van der Waals surface area contributed by atoms with Gasteiger partial charge in [-0.1, -0.05) is 11.6 Å². The number of hydrogen-bond donors (Lipinski definition) is 2. The summed E-state index contributed by atoms with van der Waals surface area (Å²) < 4.78 is 5.31. The van der Waals surface area contributed by atoms with Crippen LogP contribution in [0.15, 0.2) is 12.0 Å². The molecule has 1 atom stereocenters. The third-order valence-electron chi connectivity index (χ3n) is 1.89. The fourth-order valence-electron chi connectivity index (χ4n) is 1.19. The Kier molecular flexibility index (Phi) is 1.92. The lowest BCUT2D eigenvalue weighted by Crippen LogP contribution is -2.15. The highest BCUT2D eigenvalue weighted by atomic mass is 35.5. The highest BCUT2D eigenvalue weighted by Gasteiger charge is 2.23. The van der Waals surface area contributed by atoms with Gasteiger partial charge < -0.3 is 10.1 Å². The number of nitrogens with zero attached hydrogens (tertiary/aromatic N) is 1. The van der Waals surface area contributed by atoms with E-state index in [-0.39, 0.29) is 6.23 Å². The maximum absolute atomic E-state index is 6.00. The van der Waals surface area contributed by atoms with Gasteiger partial charge in [0.1, 0.15) is 12.0 Å². The van der Waals surface area contributed by atoms with Crippen molar-refractivity contribution in [3.05, 3.63) is 28.4 Å². The van der Waals surface area contributed by atoms with Gasteiger partial charge in [-0.15, -0.1) is 0 Å². The van der Waals surface area contributed by atoms with Crippen molar-refractivity contribution in [2.45, 2.75) is 20.1 Å². The Hall–Kier alpha value is -1.16. The van der Waals surface area contributed by atoms with Gasteiger partial charge in [0.15, 0.2) is 0 Å². The molecular weight excluding hydrogens is 190 g/mol. The molecule has 0 spiro atoms. The highest BCUT2D eigenvalue weighted by molar-refractivity contribution is 6.31. The summed E-state index contributed by atoms with van der Waals surface area (Å²) in [5.74, 6) is 0. The molecular formula is C8H10ClN3O. The average Bonchev–Trinajstić information content (AvgIpc) is 2.62. The predicted octanol–water partition coefficient (Wildman–Crippen LogP) is 1.85. The van der Waals surface area contributed by atoms with Crippen molar-refractivity contribution in [1.29, 1.82) is 0 Å². The Balaban J connectivity index is 2.23. The van der Waals surface area contributed by atoms with E-state index in [9.17, 15) is 0 Å². The molecule has 1 aliphatic heterocycles. The van der Waals surface area contributed by atoms with Gasteiger partial charge >= 0.3 is 0 Å². The van der Waals surface area contributed by atoms with Crippen molar-refractivity contribution in [3.8, 4) is 0 Å². The molecule has 2 rings (SSSR count). The van der Waals surface area contributed by atoms with Gasteiger partial charge in [0.05, 0.1) is 10.7 Å². The van der Waals surface area contributed by atoms with E-state index >= 15 is 0 Å². The first kappa shape index (κ1) is 8.44. The smallest absolute Gasteiger partial charge is 0.215 e. The lowest BCUT2D eigenvalue weighted by molar-refractivity contribution is 0.150. The van der Waals surface area contributed by atoms with E-state index in [2.05, 4.69) is 15.5 Å². The van der Waals surface area contributed by atoms with Crippen LogP contribution >= 0.6 is 11.6 Å². The second kappa shape index (κ2) is 2.96. The molecule has 0 aromatic carbocycles. The van der Waals surface area contributed by atoms with Crippen molar-refractivity contribution in [3.63, 3.8) is 0 Å². The number of hydrogen-bond acceptors (Lipinski definition) is 3. The lowest BCUT2D eigenvalue weighted by atomic mass is 10.3. The molecule has 0 radical (unpaired) electrons. The van der Waals surface area contributed by atoms with Crippen LogP contribution in [0.25, 0.3) is 0 Å². The molecule has 0 fully saturated rings. The number of ether oxygens (including phenoxy) is 1. The lowest BCUT2D eigenvalue weighted by Gasteiger charge is -2.08. The quantitative estimate of drug-likeness (QED) is 0.726. The number of H-pyrrole nitrogens is 1. The number of nitrogens with one attached hydrogen (secondary N) is 2. The Morgan fingerprint density at radius 1 is 1.54 bits per heavy atom. The number of aromatic nitrogens is 2. The number of aryl methyl sites for hydroxylation is 1. The third-order valence-corrected chi connectivity index (χ3v) is 2.36. The van der Waals surface area contributed by atoms with Gasteiger partial charge in [-0.05, 0) is 13.8 Å². The maximum atomic E-state index is 6.00. The van der Waals surface area contributed by atoms with Crippen LogP contribution < -0.4 is 5.32 Å². The standard InChI is InChI=1S/C8H10ClN3O/c1-4-3-13-8(10-4)7-6(9)5(2)11-12-7/h3,8,10H,1-2H3,(H,11,12). The van der Waals surface area contributed by atoms with E-state index in [4.69, 9.17) is 16.3 Å². The molecule has 1 aromatic heterocycles. The molecule has 70 valence electrons. The van der Waals surface area contributed by atoms with Crippen molar-refractivity contribution >= 4 is 11.6 Å². The van der Waals surface area contributed by atoms with Crippen molar-refractivity contribution in [1.82, 2.24) is 15.5 Å². The number of halogens is 1. The first-order valence-corrected chi connectivity index (χ1v) is 4.35. The van der Waals surface area contributed by atoms with Crippen LogP contribution in [0.1, 0.15) is 24.5 Å². The van der Waals surface area contributed by atoms with Gasteiger partial charge in [-0.25, -0.2) is 0 Å². The summed E-state index contributed by atoms with van der Waals surface area (Å²) in [4.78, 5) is 0. The summed E-state index contributed by atoms with van der Waals surface area (Å²) in [6, 6.07) is 0. The molecule has 1 unspecified atom stereocenters. The molecule has 0 bridgehead atoms. The largest absolute Gasteiger partial charge is 0.471 e. The summed E-state index contributed by atoms with van der Waals surface area (Å²) in [6.45, 7) is 3.79. The van der Waals surface area contributed by atoms with Crippen LogP contribution in [0.4, 0.5) is 0 Å². The first-order valence-electron chi connectivity index (χ1n) is 3.97. The molecule has 4 nitrogen and oxygen atoms in total. The zero-order valence-corrected chi connectivity index (χ0v) is 8.14. The van der Waals surface area contributed by atoms with Gasteiger partial charge in [0.25, 0.3) is 0 Å². The molecule has 5 heteroatoms. The van der Waals surface area contributed by atoms with Crippen molar-refractivity contribution < 1.29 is 4.74 Å². The van der Waals surface area contributed by atoms with E-state index in [1.54, 1.807) is 6.26 Å². The van der Waals surface area contributed by atoms with Crippen molar-refractivity contribution in [2.75, 3.05) is 0 Å². The topological polar surface area (TPSA) is 49.9 Å². The number of allylic oxidation sites excluding steroid dienone is 1. The summed E-state index contributed by atoms with van der Waals surface area (Å²) >= 11 is 6.00. The summed E-state index contributed by atoms with van der Waals surface area (Å²) in [6.07, 6.45) is 1.41. The minimum absolute atomic E-state index is 0.252. The Bertz CT molecular complexity index is 358. The fourth-order valence-corrected chi connectivity index (χ4v) is 1.37. The Morgan fingerprint density at radius 2 is 2.31 bits per heavy atom. The Morgan fingerprint density at radius 3 is 2.77 bits per heavy atom. The van der Waals surface area contributed by atoms with Gasteiger partial charge in [-0.2, -0.15) is 5.10 Å². The van der Waals surface area contributed by atoms with E-state index in [1.165, 1.54) is 0 Å². The molecule has 1 aliphatic rings. The second-order valence-electron chi connectivity index (χ2n) is 3.01. The van der Waals surface area contributed by atoms with Crippen LogP contribution in [0.2, 0.25) is 5.02 Å². The zero-order chi connectivity index (χ0) is 9.42. The van der Waals surface area contributed by atoms with Gasteiger partial charge in [0.2, 0.25) is 6.23 Å². The summed E-state index contributed by atoms with van der Waals surface area (Å²) in [7, 11) is 0. The number of aromatic amines is 1. The molecule has 0 saturated heterocycles. The van der Waals surface area contributed by atoms with Gasteiger partial charge in [0, 0.05) is 5.70 Å². The SMILES string of the molecule is CC1=COC(c2n[nH]c(C)c2Cl)N1. The molecule has 2 N–H and O–H groups in total. The van der Waals surface area contributed by atoms with Crippen LogP contribution in [0.5, 0.6) is 0 Å². The number of rotatable bonds is 1. The fraction of sp³-hybridized carbons (Fsp3) is 0.375. The average molecular weight is 200 g/mol. The van der Waals surface area contributed by atoms with Gasteiger partial charge in [-0.3, -0.25) is 5.10 Å². The molecule has 13 heavy (non-hydrogen) atoms. The molecule has 2 heterocycles. The maximum Gasteiger partial charge on any atom is 0.215 e. The van der Waals surface area contributed by atoms with E-state index in [0.717, 1.165) is 11.4 Å².